The van der Waals surface area contributed by atoms with E-state index in [1.165, 1.54) is 17.8 Å². The predicted molar refractivity (Wildman–Crippen MR) is 78.0 cm³/mol. The van der Waals surface area contributed by atoms with Crippen molar-refractivity contribution >= 4 is 40.8 Å². The summed E-state index contributed by atoms with van der Waals surface area (Å²) in [6.07, 6.45) is 0. The Hall–Kier alpha value is -1.23. The lowest BCUT2D eigenvalue weighted by Crippen LogP contribution is -2.14. The summed E-state index contributed by atoms with van der Waals surface area (Å²) < 4.78 is 13.7. The third kappa shape index (κ3) is 3.21. The molecule has 2 rings (SSSR count). The molecule has 98 valence electrons. The third-order valence-corrected chi connectivity index (χ3v) is 4.15. The summed E-state index contributed by atoms with van der Waals surface area (Å²) in [5, 5.41) is 8.32. The maximum Gasteiger partial charge on any atom is 0.135 e. The Morgan fingerprint density at radius 1 is 1.16 bits per heavy atom. The van der Waals surface area contributed by atoms with E-state index in [2.05, 4.69) is 0 Å². The Kier molecular flexibility index (Phi) is 4.34. The van der Waals surface area contributed by atoms with Crippen molar-refractivity contribution in [2.24, 2.45) is 5.73 Å². The molecule has 0 aliphatic rings. The van der Waals surface area contributed by atoms with Crippen LogP contribution < -0.4 is 5.73 Å². The molecule has 0 unspecified atom stereocenters. The summed E-state index contributed by atoms with van der Waals surface area (Å²) in [6.45, 7) is 0. The van der Waals surface area contributed by atoms with Crippen LogP contribution in [-0.4, -0.2) is 5.84 Å². The summed E-state index contributed by atoms with van der Waals surface area (Å²) in [6, 6.07) is 9.67. The van der Waals surface area contributed by atoms with Crippen LogP contribution >= 0.6 is 35.0 Å². The number of benzene rings is 2. The van der Waals surface area contributed by atoms with Crippen LogP contribution in [0.5, 0.6) is 0 Å². The Morgan fingerprint density at radius 2 is 1.89 bits per heavy atom. The largest absolute Gasteiger partial charge is 0.384 e. The van der Waals surface area contributed by atoms with Gasteiger partial charge in [-0.1, -0.05) is 41.0 Å². The second-order valence-electron chi connectivity index (χ2n) is 3.70. The van der Waals surface area contributed by atoms with E-state index in [-0.39, 0.29) is 11.4 Å². The summed E-state index contributed by atoms with van der Waals surface area (Å²) >= 11 is 13.0. The van der Waals surface area contributed by atoms with E-state index in [9.17, 15) is 4.39 Å². The Morgan fingerprint density at radius 3 is 2.53 bits per heavy atom. The zero-order valence-electron chi connectivity index (χ0n) is 9.58. The van der Waals surface area contributed by atoms with Crippen LogP contribution in [0.15, 0.2) is 46.2 Å². The Balaban J connectivity index is 2.40. The Labute approximate surface area is 124 Å². The minimum Gasteiger partial charge on any atom is -0.384 e. The van der Waals surface area contributed by atoms with Gasteiger partial charge in [0.05, 0.1) is 15.6 Å². The second kappa shape index (κ2) is 5.82. The van der Waals surface area contributed by atoms with Crippen molar-refractivity contribution in [3.05, 3.63) is 57.8 Å². The number of hydrogen-bond acceptors (Lipinski definition) is 2. The molecular weight excluding hydrogens is 306 g/mol. The molecule has 0 heterocycles. The van der Waals surface area contributed by atoms with E-state index in [0.29, 0.717) is 14.9 Å². The zero-order valence-corrected chi connectivity index (χ0v) is 11.9. The van der Waals surface area contributed by atoms with Gasteiger partial charge in [0.2, 0.25) is 0 Å². The third-order valence-electron chi connectivity index (χ3n) is 2.36. The minimum atomic E-state index is -0.516. The van der Waals surface area contributed by atoms with Crippen molar-refractivity contribution in [3.63, 3.8) is 0 Å². The number of hydrogen-bond donors (Lipinski definition) is 2. The maximum absolute atomic E-state index is 13.7. The highest BCUT2D eigenvalue weighted by molar-refractivity contribution is 7.99. The van der Waals surface area contributed by atoms with Gasteiger partial charge in [-0.3, -0.25) is 5.41 Å². The fourth-order valence-corrected chi connectivity index (χ4v) is 2.90. The molecule has 0 saturated carbocycles. The van der Waals surface area contributed by atoms with Crippen LogP contribution in [0.1, 0.15) is 5.56 Å². The lowest BCUT2D eigenvalue weighted by Gasteiger charge is -2.09. The highest BCUT2D eigenvalue weighted by atomic mass is 35.5. The fourth-order valence-electron chi connectivity index (χ4n) is 1.52. The first kappa shape index (κ1) is 14.2. The van der Waals surface area contributed by atoms with E-state index in [1.807, 2.05) is 0 Å². The summed E-state index contributed by atoms with van der Waals surface area (Å²) in [4.78, 5) is 1.35. The molecule has 0 bridgehead atoms. The van der Waals surface area contributed by atoms with Gasteiger partial charge in [0.25, 0.3) is 0 Å². The molecule has 0 aliphatic carbocycles. The first-order chi connectivity index (χ1) is 8.99. The number of halogens is 3. The van der Waals surface area contributed by atoms with E-state index >= 15 is 0 Å². The molecule has 3 N–H and O–H groups in total. The molecule has 2 nitrogen and oxygen atoms in total. The Bertz CT molecular complexity index is 647. The first-order valence-electron chi connectivity index (χ1n) is 5.25. The van der Waals surface area contributed by atoms with Crippen molar-refractivity contribution < 1.29 is 4.39 Å². The molecular formula is C13H9Cl2FN2S. The predicted octanol–water partition coefficient (Wildman–Crippen LogP) is 4.57. The van der Waals surface area contributed by atoms with Crippen molar-refractivity contribution in [1.29, 1.82) is 5.41 Å². The van der Waals surface area contributed by atoms with E-state index < -0.39 is 5.82 Å². The van der Waals surface area contributed by atoms with Gasteiger partial charge in [0.15, 0.2) is 0 Å². The SMILES string of the molecule is N=C(N)c1c(F)cccc1Sc1ccc(Cl)c(Cl)c1. The van der Waals surface area contributed by atoms with Gasteiger partial charge in [-0.25, -0.2) is 4.39 Å². The summed E-state index contributed by atoms with van der Waals surface area (Å²) in [5.74, 6) is -0.821. The molecule has 0 aliphatic heterocycles. The van der Waals surface area contributed by atoms with Gasteiger partial charge in [-0.15, -0.1) is 0 Å². The quantitative estimate of drug-likeness (QED) is 0.644. The smallest absolute Gasteiger partial charge is 0.135 e. The molecule has 6 heteroatoms. The van der Waals surface area contributed by atoms with Crippen LogP contribution in [0.4, 0.5) is 4.39 Å². The lowest BCUT2D eigenvalue weighted by atomic mass is 10.2. The normalized spacial score (nSPS) is 10.5. The van der Waals surface area contributed by atoms with Gasteiger partial charge >= 0.3 is 0 Å². The molecule has 0 spiro atoms. The highest BCUT2D eigenvalue weighted by Crippen LogP contribution is 2.34. The summed E-state index contributed by atoms with van der Waals surface area (Å²) in [5.41, 5.74) is 5.50. The minimum absolute atomic E-state index is 0.0959. The monoisotopic (exact) mass is 314 g/mol. The topological polar surface area (TPSA) is 49.9 Å². The molecule has 2 aromatic carbocycles. The molecule has 0 radical (unpaired) electrons. The van der Waals surface area contributed by atoms with Crippen LogP contribution in [0, 0.1) is 11.2 Å². The average Bonchev–Trinajstić information content (AvgIpc) is 2.33. The zero-order chi connectivity index (χ0) is 14.0. The van der Waals surface area contributed by atoms with E-state index in [4.69, 9.17) is 34.3 Å². The van der Waals surface area contributed by atoms with E-state index in [1.54, 1.807) is 30.3 Å². The van der Waals surface area contributed by atoms with Crippen molar-refractivity contribution in [1.82, 2.24) is 0 Å². The molecule has 0 fully saturated rings. The number of nitrogens with two attached hydrogens (primary N) is 1. The van der Waals surface area contributed by atoms with Crippen LogP contribution in [-0.2, 0) is 0 Å². The number of nitrogen functional groups attached to an aromatic ring is 1. The summed E-state index contributed by atoms with van der Waals surface area (Å²) in [7, 11) is 0. The van der Waals surface area contributed by atoms with Crippen molar-refractivity contribution in [2.75, 3.05) is 0 Å². The average molecular weight is 315 g/mol. The molecule has 0 amide bonds. The number of amidine groups is 1. The maximum atomic E-state index is 13.7. The van der Waals surface area contributed by atoms with Gasteiger partial charge in [0, 0.05) is 9.79 Å². The number of nitrogens with one attached hydrogen (secondary N) is 1. The second-order valence-corrected chi connectivity index (χ2v) is 5.63. The molecule has 19 heavy (non-hydrogen) atoms. The molecule has 0 aromatic heterocycles. The lowest BCUT2D eigenvalue weighted by molar-refractivity contribution is 0.621. The van der Waals surface area contributed by atoms with Crippen molar-refractivity contribution in [2.45, 2.75) is 9.79 Å². The van der Waals surface area contributed by atoms with Gasteiger partial charge in [-0.2, -0.15) is 0 Å². The van der Waals surface area contributed by atoms with Crippen LogP contribution in [0.2, 0.25) is 10.0 Å². The fraction of sp³-hybridized carbons (Fsp3) is 0. The molecule has 2 aromatic rings. The van der Waals surface area contributed by atoms with Crippen LogP contribution in [0.3, 0.4) is 0 Å². The first-order valence-corrected chi connectivity index (χ1v) is 6.82. The number of rotatable bonds is 3. The van der Waals surface area contributed by atoms with Gasteiger partial charge in [0.1, 0.15) is 11.7 Å². The van der Waals surface area contributed by atoms with Crippen LogP contribution in [0.25, 0.3) is 0 Å². The molecule has 0 atom stereocenters. The highest BCUT2D eigenvalue weighted by Gasteiger charge is 2.12. The van der Waals surface area contributed by atoms with E-state index in [0.717, 1.165) is 4.90 Å². The standard InChI is InChI=1S/C13H9Cl2FN2S/c14-8-5-4-7(6-9(8)15)19-11-3-1-2-10(16)12(11)13(17)18/h1-6H,(H3,17,18). The van der Waals surface area contributed by atoms with Gasteiger partial charge < -0.3 is 5.73 Å². The van der Waals surface area contributed by atoms with Crippen molar-refractivity contribution in [3.8, 4) is 0 Å². The van der Waals surface area contributed by atoms with Gasteiger partial charge in [-0.05, 0) is 30.3 Å². The molecule has 0 saturated heterocycles.